The normalized spacial score (nSPS) is 17.3. The zero-order chi connectivity index (χ0) is 4.24. The summed E-state index contributed by atoms with van der Waals surface area (Å²) in [6.07, 6.45) is 5.65. The topological polar surface area (TPSA) is 9.23 Å². The van der Waals surface area contributed by atoms with Gasteiger partial charge in [0.05, 0.1) is 0 Å². The van der Waals surface area contributed by atoms with Crippen molar-refractivity contribution in [2.75, 3.05) is 0 Å². The number of rotatable bonds is 0. The zero-order valence-corrected chi connectivity index (χ0v) is 5.46. The molecule has 0 spiro atoms. The first-order valence-electron chi connectivity index (χ1n) is 1.64. The fourth-order valence-electron chi connectivity index (χ4n) is 0.219. The number of hydrogen-bond donors (Lipinski definition) is 0. The molecule has 1 rings (SSSR count). The SMILES string of the molecule is C1=CO[Te]C=C1. The summed E-state index contributed by atoms with van der Waals surface area (Å²) in [6, 6.07) is 0. The van der Waals surface area contributed by atoms with E-state index in [4.69, 9.17) is 3.10 Å². The first-order valence-corrected chi connectivity index (χ1v) is 3.93. The minimum atomic E-state index is -0.195. The molecular weight excluding hydrogens is 192 g/mol. The predicted octanol–water partition coefficient (Wildman–Crippen LogP) is 0.663. The molecule has 0 N–H and O–H groups in total. The van der Waals surface area contributed by atoms with Gasteiger partial charge < -0.3 is 0 Å². The van der Waals surface area contributed by atoms with Crippen molar-refractivity contribution < 1.29 is 3.10 Å². The fraction of sp³-hybridized carbons (Fsp3) is 0. The molecule has 0 saturated heterocycles. The van der Waals surface area contributed by atoms with Crippen molar-refractivity contribution >= 4 is 21.3 Å². The molecule has 1 aliphatic heterocycles. The molecule has 1 heterocycles. The van der Waals surface area contributed by atoms with Gasteiger partial charge in [0.2, 0.25) is 0 Å². The van der Waals surface area contributed by atoms with Crippen LogP contribution >= 0.6 is 0 Å². The van der Waals surface area contributed by atoms with E-state index in [1.165, 1.54) is 0 Å². The van der Waals surface area contributed by atoms with Crippen LogP contribution in [0.1, 0.15) is 0 Å². The fourth-order valence-corrected chi connectivity index (χ4v) is 1.21. The monoisotopic (exact) mass is 198 g/mol. The summed E-state index contributed by atoms with van der Waals surface area (Å²) in [6.45, 7) is 0. The first-order chi connectivity index (χ1) is 3.00. The molecular formula is C4H4OTe. The van der Waals surface area contributed by atoms with Gasteiger partial charge in [-0.3, -0.25) is 0 Å². The maximum atomic E-state index is 4.93. The molecule has 2 heteroatoms. The summed E-state index contributed by atoms with van der Waals surface area (Å²) in [5.41, 5.74) is 0. The van der Waals surface area contributed by atoms with Crippen molar-refractivity contribution in [2.24, 2.45) is 0 Å². The molecule has 0 unspecified atom stereocenters. The van der Waals surface area contributed by atoms with Gasteiger partial charge in [-0.1, -0.05) is 0 Å². The second-order valence-corrected chi connectivity index (χ2v) is 2.72. The summed E-state index contributed by atoms with van der Waals surface area (Å²) in [5.74, 6) is 0. The van der Waals surface area contributed by atoms with Crippen LogP contribution in [0.15, 0.2) is 22.5 Å². The van der Waals surface area contributed by atoms with Crippen molar-refractivity contribution in [2.45, 2.75) is 0 Å². The summed E-state index contributed by atoms with van der Waals surface area (Å²) < 4.78 is 7.02. The molecule has 0 aromatic heterocycles. The molecule has 0 aromatic carbocycles. The molecule has 0 aromatic rings. The molecule has 0 radical (unpaired) electrons. The quantitative estimate of drug-likeness (QED) is 0.517. The van der Waals surface area contributed by atoms with Crippen LogP contribution in [0, 0.1) is 0 Å². The second kappa shape index (κ2) is 2.28. The molecule has 1 aliphatic rings. The van der Waals surface area contributed by atoms with Gasteiger partial charge in [-0.15, -0.1) is 0 Å². The van der Waals surface area contributed by atoms with E-state index in [2.05, 4.69) is 4.12 Å². The molecule has 0 atom stereocenters. The zero-order valence-electron chi connectivity index (χ0n) is 3.13. The Bertz CT molecular complexity index is 73.5. The minimum absolute atomic E-state index is 0.195. The molecule has 6 heavy (non-hydrogen) atoms. The Morgan fingerprint density at radius 2 is 2.33 bits per heavy atom. The van der Waals surface area contributed by atoms with E-state index in [1.807, 2.05) is 12.2 Å². The van der Waals surface area contributed by atoms with Gasteiger partial charge in [-0.05, 0) is 0 Å². The van der Waals surface area contributed by atoms with Gasteiger partial charge in [0.1, 0.15) is 0 Å². The van der Waals surface area contributed by atoms with Gasteiger partial charge in [-0.25, -0.2) is 0 Å². The number of allylic oxidation sites excluding steroid dienone is 2. The van der Waals surface area contributed by atoms with Crippen molar-refractivity contribution in [1.29, 1.82) is 0 Å². The van der Waals surface area contributed by atoms with Crippen molar-refractivity contribution in [3.8, 4) is 0 Å². The average Bonchev–Trinajstić information content (AvgIpc) is 1.72. The maximum absolute atomic E-state index is 4.93. The molecule has 1 nitrogen and oxygen atoms in total. The van der Waals surface area contributed by atoms with Crippen LogP contribution < -0.4 is 0 Å². The van der Waals surface area contributed by atoms with Crippen molar-refractivity contribution in [3.05, 3.63) is 22.5 Å². The Morgan fingerprint density at radius 3 is 2.50 bits per heavy atom. The third kappa shape index (κ3) is 1.04. The summed E-state index contributed by atoms with van der Waals surface area (Å²) >= 11 is -0.195. The predicted molar refractivity (Wildman–Crippen MR) is 25.1 cm³/mol. The summed E-state index contributed by atoms with van der Waals surface area (Å²) in [4.78, 5) is 0. The Balaban J connectivity index is 2.46. The van der Waals surface area contributed by atoms with Crippen LogP contribution in [0.2, 0.25) is 0 Å². The van der Waals surface area contributed by atoms with E-state index >= 15 is 0 Å². The summed E-state index contributed by atoms with van der Waals surface area (Å²) in [7, 11) is 0. The standard InChI is InChI=1S/C4H4OTe/c1-2-4-6-5-3-1/h1-4H. The van der Waals surface area contributed by atoms with E-state index in [1.54, 1.807) is 6.26 Å². The van der Waals surface area contributed by atoms with Crippen LogP contribution in [0.25, 0.3) is 0 Å². The Labute approximate surface area is 47.3 Å². The molecule has 32 valence electrons. The first kappa shape index (κ1) is 4.23. The van der Waals surface area contributed by atoms with Crippen LogP contribution in [0.5, 0.6) is 0 Å². The average molecular weight is 196 g/mol. The third-order valence-corrected chi connectivity index (χ3v) is 1.83. The van der Waals surface area contributed by atoms with Crippen molar-refractivity contribution in [1.82, 2.24) is 0 Å². The van der Waals surface area contributed by atoms with Gasteiger partial charge in [0.15, 0.2) is 0 Å². The van der Waals surface area contributed by atoms with Gasteiger partial charge >= 0.3 is 47.0 Å². The second-order valence-electron chi connectivity index (χ2n) is 0.850. The molecule has 0 amide bonds. The van der Waals surface area contributed by atoms with Crippen LogP contribution in [0.4, 0.5) is 0 Å². The van der Waals surface area contributed by atoms with Crippen LogP contribution in [-0.2, 0) is 3.10 Å². The van der Waals surface area contributed by atoms with Gasteiger partial charge in [0, 0.05) is 0 Å². The number of hydrogen-bond acceptors (Lipinski definition) is 1. The Kier molecular flexibility index (Phi) is 1.61. The Morgan fingerprint density at radius 1 is 1.33 bits per heavy atom. The van der Waals surface area contributed by atoms with Crippen LogP contribution in [-0.4, -0.2) is 21.3 Å². The van der Waals surface area contributed by atoms with E-state index in [0.717, 1.165) is 0 Å². The molecule has 0 fully saturated rings. The third-order valence-electron chi connectivity index (χ3n) is 0.435. The van der Waals surface area contributed by atoms with Crippen molar-refractivity contribution in [3.63, 3.8) is 0 Å². The molecule has 0 aliphatic carbocycles. The van der Waals surface area contributed by atoms with E-state index in [9.17, 15) is 0 Å². The summed E-state index contributed by atoms with van der Waals surface area (Å²) in [5, 5.41) is 0. The molecule has 0 saturated carbocycles. The van der Waals surface area contributed by atoms with E-state index < -0.39 is 0 Å². The van der Waals surface area contributed by atoms with E-state index in [-0.39, 0.29) is 21.3 Å². The van der Waals surface area contributed by atoms with Crippen LogP contribution in [0.3, 0.4) is 0 Å². The molecule has 0 bridgehead atoms. The van der Waals surface area contributed by atoms with E-state index in [0.29, 0.717) is 0 Å². The Hall–Kier alpha value is 0.0696. The van der Waals surface area contributed by atoms with Gasteiger partial charge in [-0.2, -0.15) is 0 Å². The van der Waals surface area contributed by atoms with Gasteiger partial charge in [0.25, 0.3) is 0 Å².